The van der Waals surface area contributed by atoms with E-state index < -0.39 is 0 Å². The van der Waals surface area contributed by atoms with Gasteiger partial charge in [-0.2, -0.15) is 10.1 Å². The van der Waals surface area contributed by atoms with Crippen LogP contribution in [0, 0.1) is 5.92 Å². The van der Waals surface area contributed by atoms with Crippen LogP contribution in [0.2, 0.25) is 5.28 Å². The molecule has 0 unspecified atom stereocenters. The molecule has 0 fully saturated rings. The van der Waals surface area contributed by atoms with Crippen LogP contribution in [0.1, 0.15) is 13.8 Å². The number of aromatic nitrogens is 4. The molecule has 0 aliphatic rings. The van der Waals surface area contributed by atoms with Crippen molar-refractivity contribution in [2.24, 2.45) is 5.92 Å². The lowest BCUT2D eigenvalue weighted by Gasteiger charge is -2.04. The summed E-state index contributed by atoms with van der Waals surface area (Å²) >= 11 is 7.49. The van der Waals surface area contributed by atoms with Crippen molar-refractivity contribution in [3.63, 3.8) is 0 Å². The van der Waals surface area contributed by atoms with Gasteiger partial charge in [0.25, 0.3) is 0 Å². The average molecular weight is 243 g/mol. The molecule has 0 bridgehead atoms. The van der Waals surface area contributed by atoms with Crippen LogP contribution < -0.4 is 0 Å². The third-order valence-electron chi connectivity index (χ3n) is 1.80. The van der Waals surface area contributed by atoms with Crippen LogP contribution in [0.4, 0.5) is 0 Å². The van der Waals surface area contributed by atoms with Gasteiger partial charge < -0.3 is 0 Å². The van der Waals surface area contributed by atoms with E-state index in [9.17, 15) is 0 Å². The van der Waals surface area contributed by atoms with Gasteiger partial charge in [-0.1, -0.05) is 13.8 Å². The summed E-state index contributed by atoms with van der Waals surface area (Å²) in [5.74, 6) is 1.62. The number of hydrogen-bond acceptors (Lipinski definition) is 4. The standard InChI is InChI=1S/C9H11ClN4S/c1-5(2)4-15-8-6-3-11-14-7(6)12-9(10)13-8/h3,5H,4H2,1-2H3,(H,11,12,13,14). The number of H-pyrrole nitrogens is 1. The fourth-order valence-electron chi connectivity index (χ4n) is 1.14. The van der Waals surface area contributed by atoms with Crippen LogP contribution in [0.3, 0.4) is 0 Å². The van der Waals surface area contributed by atoms with E-state index >= 15 is 0 Å². The maximum absolute atomic E-state index is 5.81. The molecule has 0 aliphatic carbocycles. The maximum atomic E-state index is 5.81. The van der Waals surface area contributed by atoms with Crippen LogP contribution in [0.5, 0.6) is 0 Å². The molecule has 0 atom stereocenters. The molecule has 2 rings (SSSR count). The fraction of sp³-hybridized carbons (Fsp3) is 0.444. The van der Waals surface area contributed by atoms with Gasteiger partial charge >= 0.3 is 0 Å². The average Bonchev–Trinajstić information content (AvgIpc) is 2.61. The van der Waals surface area contributed by atoms with Gasteiger partial charge in [0, 0.05) is 5.75 Å². The van der Waals surface area contributed by atoms with Gasteiger partial charge in [0.2, 0.25) is 5.28 Å². The molecule has 0 saturated carbocycles. The maximum Gasteiger partial charge on any atom is 0.225 e. The molecule has 2 aromatic rings. The Bertz CT molecular complexity index is 468. The summed E-state index contributed by atoms with van der Waals surface area (Å²) in [4.78, 5) is 8.25. The summed E-state index contributed by atoms with van der Waals surface area (Å²) < 4.78 is 0. The molecule has 2 aromatic heterocycles. The van der Waals surface area contributed by atoms with E-state index in [4.69, 9.17) is 11.6 Å². The van der Waals surface area contributed by atoms with E-state index in [1.807, 2.05) is 0 Å². The Morgan fingerprint density at radius 1 is 1.47 bits per heavy atom. The zero-order chi connectivity index (χ0) is 10.8. The number of nitrogens with one attached hydrogen (secondary N) is 1. The van der Waals surface area contributed by atoms with Gasteiger partial charge in [0.15, 0.2) is 5.65 Å². The highest BCUT2D eigenvalue weighted by atomic mass is 35.5. The lowest BCUT2D eigenvalue weighted by molar-refractivity contribution is 0.749. The minimum Gasteiger partial charge on any atom is -0.261 e. The van der Waals surface area contributed by atoms with Crippen molar-refractivity contribution in [3.05, 3.63) is 11.5 Å². The van der Waals surface area contributed by atoms with Crippen LogP contribution in [-0.4, -0.2) is 25.9 Å². The third-order valence-corrected chi connectivity index (χ3v) is 3.39. The number of aromatic amines is 1. The highest BCUT2D eigenvalue weighted by Gasteiger charge is 2.09. The highest BCUT2D eigenvalue weighted by molar-refractivity contribution is 7.99. The molecule has 2 heterocycles. The largest absolute Gasteiger partial charge is 0.261 e. The Morgan fingerprint density at radius 3 is 3.00 bits per heavy atom. The van der Waals surface area contributed by atoms with Crippen LogP contribution in [0.25, 0.3) is 11.0 Å². The van der Waals surface area contributed by atoms with E-state index in [1.54, 1.807) is 18.0 Å². The smallest absolute Gasteiger partial charge is 0.225 e. The first kappa shape index (κ1) is 10.7. The second kappa shape index (κ2) is 4.37. The molecule has 80 valence electrons. The zero-order valence-corrected chi connectivity index (χ0v) is 10.1. The Hall–Kier alpha value is -0.810. The topological polar surface area (TPSA) is 54.5 Å². The normalized spacial score (nSPS) is 11.5. The van der Waals surface area contributed by atoms with E-state index in [1.165, 1.54) is 0 Å². The second-order valence-corrected chi connectivity index (χ2v) is 4.98. The minimum atomic E-state index is 0.262. The summed E-state index contributed by atoms with van der Waals surface area (Å²) in [7, 11) is 0. The SMILES string of the molecule is CC(C)CSc1nc(Cl)nc2[nH]ncc12. The molecule has 6 heteroatoms. The number of halogens is 1. The Kier molecular flexibility index (Phi) is 3.11. The van der Waals surface area contributed by atoms with E-state index in [-0.39, 0.29) is 5.28 Å². The molecule has 0 aliphatic heterocycles. The molecule has 0 amide bonds. The van der Waals surface area contributed by atoms with E-state index in [0.29, 0.717) is 11.6 Å². The monoisotopic (exact) mass is 242 g/mol. The zero-order valence-electron chi connectivity index (χ0n) is 8.49. The quantitative estimate of drug-likeness (QED) is 0.511. The predicted molar refractivity (Wildman–Crippen MR) is 62.3 cm³/mol. The number of thioether (sulfide) groups is 1. The second-order valence-electron chi connectivity index (χ2n) is 3.63. The first-order valence-electron chi connectivity index (χ1n) is 4.66. The first-order valence-corrected chi connectivity index (χ1v) is 6.02. The number of fused-ring (bicyclic) bond motifs is 1. The van der Waals surface area contributed by atoms with Gasteiger partial charge in [0.1, 0.15) is 5.03 Å². The molecule has 4 nitrogen and oxygen atoms in total. The van der Waals surface area contributed by atoms with Gasteiger partial charge in [-0.25, -0.2) is 4.98 Å². The summed E-state index contributed by atoms with van der Waals surface area (Å²) in [5.41, 5.74) is 0.696. The van der Waals surface area contributed by atoms with Crippen molar-refractivity contribution in [2.75, 3.05) is 5.75 Å². The Morgan fingerprint density at radius 2 is 2.27 bits per heavy atom. The van der Waals surface area contributed by atoms with Crippen LogP contribution in [0.15, 0.2) is 11.2 Å². The summed E-state index contributed by atoms with van der Waals surface area (Å²) in [6.45, 7) is 4.34. The molecule has 0 spiro atoms. The number of rotatable bonds is 3. The Balaban J connectivity index is 2.35. The van der Waals surface area contributed by atoms with Gasteiger partial charge in [-0.15, -0.1) is 11.8 Å². The molecule has 1 N–H and O–H groups in total. The van der Waals surface area contributed by atoms with E-state index in [0.717, 1.165) is 16.2 Å². The van der Waals surface area contributed by atoms with Crippen molar-refractivity contribution >= 4 is 34.4 Å². The van der Waals surface area contributed by atoms with Crippen LogP contribution in [-0.2, 0) is 0 Å². The summed E-state index contributed by atoms with van der Waals surface area (Å²) in [5, 5.41) is 8.81. The van der Waals surface area contributed by atoms with Gasteiger partial charge in [0.05, 0.1) is 11.6 Å². The van der Waals surface area contributed by atoms with E-state index in [2.05, 4.69) is 34.0 Å². The van der Waals surface area contributed by atoms with Gasteiger partial charge in [-0.05, 0) is 17.5 Å². The van der Waals surface area contributed by atoms with Gasteiger partial charge in [-0.3, -0.25) is 5.10 Å². The highest BCUT2D eigenvalue weighted by Crippen LogP contribution is 2.26. The van der Waals surface area contributed by atoms with Crippen molar-refractivity contribution in [2.45, 2.75) is 18.9 Å². The van der Waals surface area contributed by atoms with Crippen molar-refractivity contribution in [1.29, 1.82) is 0 Å². The first-order chi connectivity index (χ1) is 7.16. The summed E-state index contributed by atoms with van der Waals surface area (Å²) in [6.07, 6.45) is 1.73. The molecule has 0 radical (unpaired) electrons. The molecule has 0 saturated heterocycles. The lowest BCUT2D eigenvalue weighted by atomic mass is 10.3. The molecule has 0 aromatic carbocycles. The summed E-state index contributed by atoms with van der Waals surface area (Å²) in [6, 6.07) is 0. The Labute approximate surface area is 96.8 Å². The third kappa shape index (κ3) is 2.41. The van der Waals surface area contributed by atoms with Crippen molar-refractivity contribution < 1.29 is 0 Å². The lowest BCUT2D eigenvalue weighted by Crippen LogP contribution is -1.93. The number of hydrogen-bond donors (Lipinski definition) is 1. The molecule has 15 heavy (non-hydrogen) atoms. The van der Waals surface area contributed by atoms with Crippen molar-refractivity contribution in [1.82, 2.24) is 20.2 Å². The van der Waals surface area contributed by atoms with Crippen molar-refractivity contribution in [3.8, 4) is 0 Å². The molecular formula is C9H11ClN4S. The predicted octanol–water partition coefficient (Wildman–Crippen LogP) is 2.75. The fourth-order valence-corrected chi connectivity index (χ4v) is 2.30. The number of nitrogens with zero attached hydrogens (tertiary/aromatic N) is 3. The minimum absolute atomic E-state index is 0.262. The van der Waals surface area contributed by atoms with Crippen LogP contribution >= 0.6 is 23.4 Å². The molecular weight excluding hydrogens is 232 g/mol.